The first-order chi connectivity index (χ1) is 2.77. The van der Waals surface area contributed by atoms with Crippen LogP contribution in [-0.4, -0.2) is 4.86 Å². The summed E-state index contributed by atoms with van der Waals surface area (Å²) in [6, 6.07) is 0. The molecule has 0 heterocycles. The predicted octanol–water partition coefficient (Wildman–Crippen LogP) is -4.00. The minimum Gasteiger partial charge on any atom is -1.00 e. The van der Waals surface area contributed by atoms with E-state index in [4.69, 9.17) is 12.2 Å². The van der Waals surface area contributed by atoms with Crippen LogP contribution >= 0.6 is 12.2 Å². The maximum Gasteiger partial charge on any atom is 3.00 e. The number of thiocarbonyl (C=S) groups is 1. The van der Waals surface area contributed by atoms with Gasteiger partial charge in [-0.05, 0) is 0 Å². The zero-order valence-electron chi connectivity index (χ0n) is 5.45. The topological polar surface area (TPSA) is 0 Å². The van der Waals surface area contributed by atoms with Crippen molar-refractivity contribution in [3.63, 3.8) is 0 Å². The van der Waals surface area contributed by atoms with Gasteiger partial charge >= 0.3 is 26.2 Å². The Morgan fingerprint density at radius 2 is 1.78 bits per heavy atom. The molecule has 53 valence electrons. The van der Waals surface area contributed by atoms with Gasteiger partial charge in [0.2, 0.25) is 0 Å². The molecule has 0 aliphatic heterocycles. The van der Waals surface area contributed by atoms with Crippen molar-refractivity contribution in [1.29, 1.82) is 0 Å². The molecule has 0 atom stereocenters. The Hall–Kier alpha value is 1.42. The molecule has 0 rings (SSSR count). The maximum atomic E-state index is 4.74. The third kappa shape index (κ3) is 26.5. The summed E-state index contributed by atoms with van der Waals surface area (Å²) < 4.78 is 0. The second-order valence-corrected chi connectivity index (χ2v) is 1.87. The fourth-order valence-electron chi connectivity index (χ4n) is 0.287. The fraction of sp³-hybridized carbons (Fsp3) is 0.600. The van der Waals surface area contributed by atoms with Gasteiger partial charge in [-0.1, -0.05) is 13.8 Å². The Balaban J connectivity index is -0.0000000417. The molecule has 4 heteroatoms. The van der Waals surface area contributed by atoms with Crippen LogP contribution < -0.4 is 24.8 Å². The molecule has 0 aromatic heterocycles. The Labute approximate surface area is 94.1 Å². The average Bonchev–Trinajstić information content (AvgIpc) is 1.35. The molecule has 1 radical (unpaired) electrons. The third-order valence-electron chi connectivity index (χ3n) is 0.492. The average molecular weight is 263 g/mol. The number of rotatable bonds is 2. The summed E-state index contributed by atoms with van der Waals surface area (Å²) in [7, 11) is 0. The normalized spacial score (nSPS) is 5.11. The van der Waals surface area contributed by atoms with Crippen molar-refractivity contribution in [2.75, 3.05) is 0 Å². The van der Waals surface area contributed by atoms with Gasteiger partial charge in [0, 0.05) is 0 Å². The van der Waals surface area contributed by atoms with Crippen LogP contribution in [-0.2, 0) is 26.2 Å². The van der Waals surface area contributed by atoms with Gasteiger partial charge in [0.15, 0.2) is 0 Å². The zero-order valence-corrected chi connectivity index (χ0v) is 10.2. The van der Waals surface area contributed by atoms with Crippen LogP contribution in [0.15, 0.2) is 0 Å². The van der Waals surface area contributed by atoms with Crippen molar-refractivity contribution in [3.8, 4) is 0 Å². The van der Waals surface area contributed by atoms with Crippen molar-refractivity contribution in [2.24, 2.45) is 0 Å². The first-order valence-electron chi connectivity index (χ1n) is 2.11. The quantitative estimate of drug-likeness (QED) is 0.361. The largest absolute Gasteiger partial charge is 3.00 e. The van der Waals surface area contributed by atoms with Gasteiger partial charge in [-0.15, -0.1) is 17.1 Å². The van der Waals surface area contributed by atoms with E-state index in [-0.39, 0.29) is 51.0 Å². The van der Waals surface area contributed by atoms with Crippen molar-refractivity contribution in [3.05, 3.63) is 6.42 Å². The van der Waals surface area contributed by atoms with Crippen LogP contribution in [0.2, 0.25) is 0 Å². The SMILES string of the molecule is CC[CH-]C(C)=S.[Cl-].[Cl-].[Zr+3]. The zero-order chi connectivity index (χ0) is 4.99. The molecule has 0 saturated heterocycles. The summed E-state index contributed by atoms with van der Waals surface area (Å²) in [4.78, 5) is 0.998. The Bertz CT molecular complexity index is 58.9. The molecule has 0 bridgehead atoms. The van der Waals surface area contributed by atoms with Gasteiger partial charge in [0.05, 0.1) is 0 Å². The van der Waals surface area contributed by atoms with Crippen molar-refractivity contribution >= 4 is 17.1 Å². The summed E-state index contributed by atoms with van der Waals surface area (Å²) in [5.74, 6) is 0. The summed E-state index contributed by atoms with van der Waals surface area (Å²) >= 11 is 4.74. The molecule has 9 heavy (non-hydrogen) atoms. The van der Waals surface area contributed by atoms with Crippen LogP contribution in [0.25, 0.3) is 0 Å². The second-order valence-electron chi connectivity index (χ2n) is 1.22. The summed E-state index contributed by atoms with van der Waals surface area (Å²) in [6.45, 7) is 4.01. The fourth-order valence-corrected chi connectivity index (χ4v) is 0.454. The minimum atomic E-state index is 0. The van der Waals surface area contributed by atoms with E-state index in [1.165, 1.54) is 0 Å². The van der Waals surface area contributed by atoms with Gasteiger partial charge in [-0.2, -0.15) is 6.42 Å². The summed E-state index contributed by atoms with van der Waals surface area (Å²) in [5, 5.41) is 0. The molecule has 0 nitrogen and oxygen atoms in total. The molecular formula is C5H9Cl2SZr. The van der Waals surface area contributed by atoms with Gasteiger partial charge in [-0.25, -0.2) is 0 Å². The third-order valence-corrected chi connectivity index (χ3v) is 0.658. The Morgan fingerprint density at radius 3 is 1.78 bits per heavy atom. The minimum absolute atomic E-state index is 0. The van der Waals surface area contributed by atoms with E-state index >= 15 is 0 Å². The molecule has 0 fully saturated rings. The van der Waals surface area contributed by atoms with Gasteiger partial charge in [-0.3, -0.25) is 0 Å². The first kappa shape index (κ1) is 22.4. The molecule has 0 aliphatic carbocycles. The van der Waals surface area contributed by atoms with Gasteiger partial charge < -0.3 is 31.2 Å². The predicted molar refractivity (Wildman–Crippen MR) is 32.9 cm³/mol. The molecule has 0 spiro atoms. The van der Waals surface area contributed by atoms with Crippen molar-refractivity contribution in [1.82, 2.24) is 0 Å². The Kier molecular flexibility index (Phi) is 40.4. The number of hydrogen-bond donors (Lipinski definition) is 0. The van der Waals surface area contributed by atoms with E-state index in [1.807, 2.05) is 13.3 Å². The standard InChI is InChI=1S/C5H9S.2ClH.Zr/c1-3-4-5(2)6;;;/h4H,3H2,1-2H3;2*1H;/q-1;;;+3/p-2. The van der Waals surface area contributed by atoms with Crippen molar-refractivity contribution in [2.45, 2.75) is 20.3 Å². The van der Waals surface area contributed by atoms with Crippen LogP contribution in [0.5, 0.6) is 0 Å². The summed E-state index contributed by atoms with van der Waals surface area (Å²) in [6.07, 6.45) is 3.09. The van der Waals surface area contributed by atoms with Crippen molar-refractivity contribution < 1.29 is 51.0 Å². The molecule has 0 amide bonds. The van der Waals surface area contributed by atoms with Crippen LogP contribution in [0, 0.1) is 6.42 Å². The molecule has 0 aromatic carbocycles. The van der Waals surface area contributed by atoms with Gasteiger partial charge in [0.1, 0.15) is 0 Å². The molecule has 0 aromatic rings. The molecule has 0 unspecified atom stereocenters. The van der Waals surface area contributed by atoms with Crippen LogP contribution in [0.4, 0.5) is 0 Å². The summed E-state index contributed by atoms with van der Waals surface area (Å²) in [5.41, 5.74) is 0. The molecule has 0 saturated carbocycles. The van der Waals surface area contributed by atoms with E-state index < -0.39 is 0 Å². The number of halogens is 2. The Morgan fingerprint density at radius 1 is 1.44 bits per heavy atom. The van der Waals surface area contributed by atoms with Gasteiger partial charge in [0.25, 0.3) is 0 Å². The molecular weight excluding hydrogens is 254 g/mol. The van der Waals surface area contributed by atoms with E-state index in [9.17, 15) is 0 Å². The monoisotopic (exact) mass is 261 g/mol. The van der Waals surface area contributed by atoms with Crippen LogP contribution in [0.1, 0.15) is 20.3 Å². The number of hydrogen-bond acceptors (Lipinski definition) is 1. The molecule has 0 N–H and O–H groups in total. The molecule has 0 aliphatic rings. The van der Waals surface area contributed by atoms with E-state index in [1.54, 1.807) is 0 Å². The smallest absolute Gasteiger partial charge is 1.00 e. The van der Waals surface area contributed by atoms with E-state index in [0.29, 0.717) is 0 Å². The second kappa shape index (κ2) is 16.2. The van der Waals surface area contributed by atoms with Crippen LogP contribution in [0.3, 0.4) is 0 Å². The first-order valence-corrected chi connectivity index (χ1v) is 2.52. The van der Waals surface area contributed by atoms with E-state index in [2.05, 4.69) is 6.92 Å². The van der Waals surface area contributed by atoms with E-state index in [0.717, 1.165) is 11.3 Å². The maximum absolute atomic E-state index is 4.74.